The lowest BCUT2D eigenvalue weighted by Crippen LogP contribution is -2.24. The molecule has 0 aliphatic carbocycles. The molecule has 7 rings (SSSR count). The van der Waals surface area contributed by atoms with Gasteiger partial charge in [-0.3, -0.25) is 19.4 Å². The molecule has 0 radical (unpaired) electrons. The summed E-state index contributed by atoms with van der Waals surface area (Å²) in [6.45, 7) is 5.23. The summed E-state index contributed by atoms with van der Waals surface area (Å²) in [7, 11) is 0. The van der Waals surface area contributed by atoms with Crippen molar-refractivity contribution in [1.82, 2.24) is 34.8 Å². The van der Waals surface area contributed by atoms with E-state index in [4.69, 9.17) is 14.7 Å². The molecule has 308 valence electrons. The van der Waals surface area contributed by atoms with Crippen molar-refractivity contribution in [1.29, 1.82) is 0 Å². The van der Waals surface area contributed by atoms with E-state index in [2.05, 4.69) is 25.6 Å². The molecule has 7 aromatic rings. The Labute approximate surface area is 348 Å². The monoisotopic (exact) mass is 808 g/mol. The van der Waals surface area contributed by atoms with E-state index < -0.39 is 5.82 Å². The first-order valence-electron chi connectivity index (χ1n) is 20.6. The van der Waals surface area contributed by atoms with E-state index in [0.29, 0.717) is 84.0 Å². The van der Waals surface area contributed by atoms with Crippen LogP contribution in [0.4, 0.5) is 10.2 Å². The van der Waals surface area contributed by atoms with Crippen LogP contribution >= 0.6 is 0 Å². The average molecular weight is 809 g/mol. The van der Waals surface area contributed by atoms with Gasteiger partial charge in [-0.2, -0.15) is 0 Å². The molecule has 3 aromatic carbocycles. The fourth-order valence-corrected chi connectivity index (χ4v) is 7.08. The number of ether oxygens (including phenoxy) is 1. The number of nitrogens with zero attached hydrogens (tertiary/aromatic N) is 5. The molecule has 1 amide bonds. The minimum absolute atomic E-state index is 0.0119. The third-order valence-corrected chi connectivity index (χ3v) is 10.4. The maximum Gasteiger partial charge on any atom is 0.311 e. The summed E-state index contributed by atoms with van der Waals surface area (Å²) in [6, 6.07) is 23.7. The molecule has 0 fully saturated rings. The van der Waals surface area contributed by atoms with Gasteiger partial charge in [0.15, 0.2) is 23.1 Å². The number of hydrogen-bond acceptors (Lipinski definition) is 9. The number of amides is 1. The lowest BCUT2D eigenvalue weighted by molar-refractivity contribution is -0.134. The summed E-state index contributed by atoms with van der Waals surface area (Å²) in [4.78, 5) is 59.0. The number of aryl methyl sites for hydroxylation is 1. The number of esters is 1. The quantitative estimate of drug-likeness (QED) is 0.0296. The number of fused-ring (bicyclic) bond motifs is 2. The maximum absolute atomic E-state index is 14.0. The van der Waals surface area contributed by atoms with Crippen molar-refractivity contribution in [2.24, 2.45) is 0 Å². The van der Waals surface area contributed by atoms with Gasteiger partial charge in [-0.1, -0.05) is 73.9 Å². The first-order chi connectivity index (χ1) is 29.2. The molecule has 0 bridgehead atoms. The molecule has 4 heterocycles. The molecule has 0 aliphatic heterocycles. The Kier molecular flexibility index (Phi) is 13.7. The normalized spacial score (nSPS) is 11.3. The number of nitrogens with one attached hydrogen (secondary N) is 3. The zero-order chi connectivity index (χ0) is 41.8. The van der Waals surface area contributed by atoms with Gasteiger partial charge < -0.3 is 24.9 Å². The van der Waals surface area contributed by atoms with Gasteiger partial charge in [-0.25, -0.2) is 19.3 Å². The lowest BCUT2D eigenvalue weighted by atomic mass is 10.0. The maximum atomic E-state index is 14.0. The van der Waals surface area contributed by atoms with Crippen molar-refractivity contribution in [2.75, 3.05) is 18.4 Å². The second-order valence-electron chi connectivity index (χ2n) is 15.1. The molecule has 12 nitrogen and oxygen atoms in total. The number of aromatic nitrogens is 6. The number of unbranched alkanes of at least 4 members (excludes halogenated alkanes) is 4. The number of imidazole rings is 1. The van der Waals surface area contributed by atoms with E-state index in [1.165, 1.54) is 12.3 Å². The summed E-state index contributed by atoms with van der Waals surface area (Å²) in [5.41, 5.74) is 6.03. The number of rotatable bonds is 20. The number of aromatic amines is 1. The highest BCUT2D eigenvalue weighted by Crippen LogP contribution is 2.28. The van der Waals surface area contributed by atoms with E-state index in [-0.39, 0.29) is 23.7 Å². The first-order valence-corrected chi connectivity index (χ1v) is 20.6. The van der Waals surface area contributed by atoms with Crippen LogP contribution in [0.3, 0.4) is 0 Å². The van der Waals surface area contributed by atoms with E-state index in [0.717, 1.165) is 60.3 Å². The van der Waals surface area contributed by atoms with Crippen LogP contribution in [-0.2, 0) is 22.4 Å². The van der Waals surface area contributed by atoms with E-state index in [1.54, 1.807) is 24.5 Å². The molecular weight excluding hydrogens is 760 g/mol. The molecule has 4 aromatic heterocycles. The van der Waals surface area contributed by atoms with Gasteiger partial charge in [0, 0.05) is 72.0 Å². The number of H-pyrrole nitrogens is 1. The first kappa shape index (κ1) is 41.4. The number of carbonyl (C=O) groups is 3. The second-order valence-corrected chi connectivity index (χ2v) is 15.1. The Hall–Kier alpha value is -6.76. The van der Waals surface area contributed by atoms with Crippen LogP contribution in [0.5, 0.6) is 5.75 Å². The van der Waals surface area contributed by atoms with Gasteiger partial charge in [0.05, 0.1) is 12.5 Å². The third kappa shape index (κ3) is 10.6. The molecule has 0 unspecified atom stereocenters. The Morgan fingerprint density at radius 3 is 2.42 bits per heavy atom. The van der Waals surface area contributed by atoms with Crippen molar-refractivity contribution >= 4 is 45.5 Å². The van der Waals surface area contributed by atoms with Gasteiger partial charge in [0.25, 0.3) is 0 Å². The zero-order valence-electron chi connectivity index (χ0n) is 33.9. The molecule has 3 N–H and O–H groups in total. The fourth-order valence-electron chi connectivity index (χ4n) is 7.08. The molecule has 0 saturated carbocycles. The Bertz CT molecular complexity index is 2570. The highest BCUT2D eigenvalue weighted by molar-refractivity contribution is 6.09. The van der Waals surface area contributed by atoms with Gasteiger partial charge in [-0.15, -0.1) is 0 Å². The van der Waals surface area contributed by atoms with Crippen LogP contribution in [0, 0.1) is 5.82 Å². The minimum Gasteiger partial charge on any atom is -0.427 e. The lowest BCUT2D eigenvalue weighted by Gasteiger charge is -2.11. The molecule has 0 aliphatic rings. The largest absolute Gasteiger partial charge is 0.427 e. The topological polar surface area (TPSA) is 157 Å². The molecule has 0 atom stereocenters. The summed E-state index contributed by atoms with van der Waals surface area (Å²) >= 11 is 0. The Morgan fingerprint density at radius 2 is 1.62 bits per heavy atom. The number of pyridine rings is 1. The predicted octanol–water partition coefficient (Wildman–Crippen LogP) is 8.97. The number of anilines is 1. The molecule has 0 saturated heterocycles. The summed E-state index contributed by atoms with van der Waals surface area (Å²) in [5, 5.41) is 7.38. The average Bonchev–Trinajstić information content (AvgIpc) is 3.88. The van der Waals surface area contributed by atoms with Crippen molar-refractivity contribution in [3.8, 4) is 17.1 Å². The minimum atomic E-state index is -0.466. The second kappa shape index (κ2) is 19.8. The van der Waals surface area contributed by atoms with Gasteiger partial charge in [0.1, 0.15) is 17.1 Å². The molecule has 13 heteroatoms. The van der Waals surface area contributed by atoms with E-state index in [1.807, 2.05) is 79.2 Å². The van der Waals surface area contributed by atoms with Gasteiger partial charge in [0.2, 0.25) is 5.91 Å². The number of benzene rings is 3. The highest BCUT2D eigenvalue weighted by Gasteiger charge is 2.17. The number of hydrogen-bond donors (Lipinski definition) is 3. The van der Waals surface area contributed by atoms with Crippen molar-refractivity contribution in [3.05, 3.63) is 132 Å². The predicted molar refractivity (Wildman–Crippen MR) is 230 cm³/mol. The summed E-state index contributed by atoms with van der Waals surface area (Å²) < 4.78 is 21.7. The van der Waals surface area contributed by atoms with Crippen LogP contribution in [0.2, 0.25) is 0 Å². The molecular formula is C47H49FN8O4. The summed E-state index contributed by atoms with van der Waals surface area (Å²) in [5.74, 6) is 0.659. The fraction of sp³-hybridized carbons (Fsp3) is 0.298. The number of halogens is 1. The van der Waals surface area contributed by atoms with Crippen molar-refractivity contribution in [2.45, 2.75) is 77.7 Å². The van der Waals surface area contributed by atoms with Gasteiger partial charge >= 0.3 is 5.97 Å². The third-order valence-electron chi connectivity index (χ3n) is 10.4. The van der Waals surface area contributed by atoms with E-state index in [9.17, 15) is 18.8 Å². The van der Waals surface area contributed by atoms with Crippen LogP contribution in [-0.4, -0.2) is 60.2 Å². The zero-order valence-corrected chi connectivity index (χ0v) is 33.9. The van der Waals surface area contributed by atoms with Crippen LogP contribution in [0.25, 0.3) is 33.5 Å². The number of ketones is 1. The van der Waals surface area contributed by atoms with Crippen molar-refractivity contribution < 1.29 is 23.5 Å². The summed E-state index contributed by atoms with van der Waals surface area (Å²) in [6.07, 6.45) is 12.8. The Morgan fingerprint density at radius 1 is 0.833 bits per heavy atom. The smallest absolute Gasteiger partial charge is 0.311 e. The van der Waals surface area contributed by atoms with Crippen LogP contribution in [0.1, 0.15) is 91.9 Å². The SMILES string of the molecule is CC(C)n1cnc2c(NCCc3c[nH]c4ccc(OC(=O)CCCCCCCNC(=O)CCc5ccc(C(=O)c6ccccc6)cc5)cc34)nc(-c3cncc(F)c3)nc21. The Balaban J connectivity index is 0.805. The standard InChI is InChI=1S/C47H49FN8O4/c1-31(2)56-30-53-43-46(54-45(55-47(43)56)36-25-37(48)29-49-27-36)51-24-22-35-28-52-40-20-19-38(26-39(35)40)60-42(58)13-9-4-3-5-10-23-50-41(57)21-16-32-14-17-34(18-15-32)44(59)33-11-7-6-8-12-33/h6-8,11-12,14-15,17-20,25-31,52H,3-5,9-10,13,16,21-24H2,1-2H3,(H,50,57)(H,51,54,55). The molecule has 0 spiro atoms. The highest BCUT2D eigenvalue weighted by atomic mass is 19.1. The van der Waals surface area contributed by atoms with Crippen LogP contribution < -0.4 is 15.4 Å². The molecule has 60 heavy (non-hydrogen) atoms. The van der Waals surface area contributed by atoms with E-state index >= 15 is 0 Å². The number of carbonyl (C=O) groups excluding carboxylic acids is 3. The van der Waals surface area contributed by atoms with Crippen molar-refractivity contribution in [3.63, 3.8) is 0 Å². The van der Waals surface area contributed by atoms with Crippen LogP contribution in [0.15, 0.2) is 104 Å². The van der Waals surface area contributed by atoms with Gasteiger partial charge in [-0.05, 0) is 74.9 Å².